The summed E-state index contributed by atoms with van der Waals surface area (Å²) in [6.45, 7) is 0. The Kier molecular flexibility index (Phi) is 6.72. The van der Waals surface area contributed by atoms with Crippen LogP contribution in [0.2, 0.25) is 0 Å². The number of hydrogen-bond acceptors (Lipinski definition) is 4. The van der Waals surface area contributed by atoms with Crippen molar-refractivity contribution >= 4 is 31.5 Å². The van der Waals surface area contributed by atoms with Crippen LogP contribution in [-0.4, -0.2) is 15.0 Å². The van der Waals surface area contributed by atoms with Gasteiger partial charge in [-0.15, -0.1) is 11.3 Å². The highest BCUT2D eigenvalue weighted by Gasteiger charge is 2.51. The largest absolute Gasteiger partial charge is 0.208 e. The monoisotopic (exact) mass is 729 g/mol. The Hall–Kier alpha value is -7.01. The molecule has 0 N–H and O–H groups in total. The molecule has 0 saturated heterocycles. The SMILES string of the molecule is c1ccc(-c2ccccc2-c2nc(-c3ccc4c(c3)C3(c5ccccc5-c5ccccc53)c3ccccc3-4)nc(-c3cccc4c3sc3ccccc34)n2)cc1. The maximum atomic E-state index is 5.38. The zero-order valence-electron chi connectivity index (χ0n) is 30.1. The van der Waals surface area contributed by atoms with Crippen molar-refractivity contribution in [1.29, 1.82) is 0 Å². The van der Waals surface area contributed by atoms with Gasteiger partial charge in [0, 0.05) is 36.9 Å². The van der Waals surface area contributed by atoms with Gasteiger partial charge in [0.05, 0.1) is 5.41 Å². The van der Waals surface area contributed by atoms with Gasteiger partial charge in [0.25, 0.3) is 0 Å². The number of thiophene rings is 1. The smallest absolute Gasteiger partial charge is 0.165 e. The molecule has 2 aromatic heterocycles. The van der Waals surface area contributed by atoms with Gasteiger partial charge in [0.15, 0.2) is 17.5 Å². The van der Waals surface area contributed by atoms with E-state index < -0.39 is 5.41 Å². The molecule has 2 aliphatic carbocycles. The molecule has 1 spiro atoms. The number of aromatic nitrogens is 3. The number of hydrogen-bond donors (Lipinski definition) is 0. The van der Waals surface area contributed by atoms with Crippen LogP contribution in [0.25, 0.3) is 87.7 Å². The molecule has 0 bridgehead atoms. The third-order valence-electron chi connectivity index (χ3n) is 11.8. The molecule has 260 valence electrons. The van der Waals surface area contributed by atoms with E-state index in [-0.39, 0.29) is 0 Å². The normalized spacial score (nSPS) is 13.1. The van der Waals surface area contributed by atoms with Gasteiger partial charge in [-0.2, -0.15) is 0 Å². The van der Waals surface area contributed by atoms with Gasteiger partial charge < -0.3 is 0 Å². The van der Waals surface area contributed by atoms with E-state index >= 15 is 0 Å². The molecule has 0 fully saturated rings. The summed E-state index contributed by atoms with van der Waals surface area (Å²) in [4.78, 5) is 16.1. The lowest BCUT2D eigenvalue weighted by molar-refractivity contribution is 0.794. The van der Waals surface area contributed by atoms with E-state index in [9.17, 15) is 0 Å². The Balaban J connectivity index is 1.13. The van der Waals surface area contributed by atoms with Crippen LogP contribution >= 0.6 is 11.3 Å². The number of fused-ring (bicyclic) bond motifs is 13. The Morgan fingerprint density at radius 2 is 0.821 bits per heavy atom. The number of rotatable bonds is 4. The quantitative estimate of drug-likeness (QED) is 0.181. The lowest BCUT2D eigenvalue weighted by Crippen LogP contribution is -2.25. The topological polar surface area (TPSA) is 38.7 Å². The first-order chi connectivity index (χ1) is 27.8. The predicted octanol–water partition coefficient (Wildman–Crippen LogP) is 13.3. The van der Waals surface area contributed by atoms with Crippen LogP contribution in [0.5, 0.6) is 0 Å². The molecule has 0 radical (unpaired) electrons. The van der Waals surface area contributed by atoms with Crippen molar-refractivity contribution in [3.63, 3.8) is 0 Å². The standard InChI is InChI=1S/C52H31N3S/c1-2-15-32(16-3-1)34-17-4-5-22-41(34)50-53-49(54-51(55-50)42-24-14-23-40-39-21-9-13-28-47(39)56-48(40)42)33-29-30-38-37-20-8-12-27-45(37)52(46(38)31-33)43-25-10-6-18-35(43)36-19-7-11-26-44(36)52/h1-31H. The van der Waals surface area contributed by atoms with Crippen LogP contribution in [0.1, 0.15) is 22.3 Å². The first-order valence-corrected chi connectivity index (χ1v) is 19.8. The minimum atomic E-state index is -0.462. The maximum absolute atomic E-state index is 5.38. The maximum Gasteiger partial charge on any atom is 0.165 e. The second kappa shape index (κ2) is 12.0. The molecule has 56 heavy (non-hydrogen) atoms. The summed E-state index contributed by atoms with van der Waals surface area (Å²) in [5, 5.41) is 2.46. The Morgan fingerprint density at radius 3 is 1.52 bits per heavy atom. The van der Waals surface area contributed by atoms with E-state index in [0.717, 1.165) is 27.8 Å². The van der Waals surface area contributed by atoms with Gasteiger partial charge in [-0.3, -0.25) is 0 Å². The van der Waals surface area contributed by atoms with Crippen LogP contribution < -0.4 is 0 Å². The molecular formula is C52H31N3S. The molecule has 3 nitrogen and oxygen atoms in total. The molecule has 0 saturated carbocycles. The zero-order chi connectivity index (χ0) is 36.8. The minimum absolute atomic E-state index is 0.462. The number of nitrogens with zero attached hydrogens (tertiary/aromatic N) is 3. The summed E-state index contributed by atoms with van der Waals surface area (Å²) < 4.78 is 2.43. The fourth-order valence-electron chi connectivity index (χ4n) is 9.45. The lowest BCUT2D eigenvalue weighted by Gasteiger charge is -2.30. The van der Waals surface area contributed by atoms with Gasteiger partial charge in [-0.25, -0.2) is 15.0 Å². The van der Waals surface area contributed by atoms with Gasteiger partial charge in [-0.1, -0.05) is 170 Å². The summed E-state index contributed by atoms with van der Waals surface area (Å²) in [6.07, 6.45) is 0. The lowest BCUT2D eigenvalue weighted by atomic mass is 9.70. The highest BCUT2D eigenvalue weighted by Crippen LogP contribution is 2.63. The van der Waals surface area contributed by atoms with Crippen LogP contribution in [0.15, 0.2) is 188 Å². The van der Waals surface area contributed by atoms with Gasteiger partial charge in [0.2, 0.25) is 0 Å². The summed E-state index contributed by atoms with van der Waals surface area (Å²) in [5.74, 6) is 1.97. The first kappa shape index (κ1) is 31.4. The van der Waals surface area contributed by atoms with Crippen LogP contribution in [0.4, 0.5) is 0 Å². The molecule has 2 aliphatic rings. The van der Waals surface area contributed by atoms with E-state index in [1.54, 1.807) is 11.3 Å². The van der Waals surface area contributed by atoms with Crippen molar-refractivity contribution in [2.45, 2.75) is 5.41 Å². The Labute approximate surface area is 328 Å². The molecule has 0 amide bonds. The fraction of sp³-hybridized carbons (Fsp3) is 0.0192. The zero-order valence-corrected chi connectivity index (χ0v) is 31.0. The third-order valence-corrected chi connectivity index (χ3v) is 13.0. The summed E-state index contributed by atoms with van der Waals surface area (Å²) in [6, 6.07) is 67.7. The van der Waals surface area contributed by atoms with E-state index in [2.05, 4.69) is 188 Å². The minimum Gasteiger partial charge on any atom is -0.208 e. The van der Waals surface area contributed by atoms with E-state index in [1.807, 2.05) is 0 Å². The van der Waals surface area contributed by atoms with Crippen molar-refractivity contribution in [1.82, 2.24) is 15.0 Å². The van der Waals surface area contributed by atoms with Crippen molar-refractivity contribution in [3.05, 3.63) is 210 Å². The molecule has 0 unspecified atom stereocenters. The van der Waals surface area contributed by atoms with Crippen molar-refractivity contribution in [2.24, 2.45) is 0 Å². The molecule has 2 heterocycles. The first-order valence-electron chi connectivity index (χ1n) is 19.0. The van der Waals surface area contributed by atoms with Crippen LogP contribution in [-0.2, 0) is 5.41 Å². The highest BCUT2D eigenvalue weighted by atomic mass is 32.1. The third kappa shape index (κ3) is 4.36. The van der Waals surface area contributed by atoms with Gasteiger partial charge in [0.1, 0.15) is 0 Å². The molecule has 10 aromatic rings. The molecule has 4 heteroatoms. The van der Waals surface area contributed by atoms with Crippen molar-refractivity contribution < 1.29 is 0 Å². The van der Waals surface area contributed by atoms with E-state index in [1.165, 1.54) is 64.7 Å². The highest BCUT2D eigenvalue weighted by molar-refractivity contribution is 7.26. The fourth-order valence-corrected chi connectivity index (χ4v) is 10.7. The molecular weight excluding hydrogens is 699 g/mol. The van der Waals surface area contributed by atoms with Crippen LogP contribution in [0.3, 0.4) is 0 Å². The van der Waals surface area contributed by atoms with E-state index in [0.29, 0.717) is 17.5 Å². The Morgan fingerprint density at radius 1 is 0.321 bits per heavy atom. The summed E-state index contributed by atoms with van der Waals surface area (Å²) >= 11 is 1.79. The second-order valence-corrected chi connectivity index (χ2v) is 15.7. The van der Waals surface area contributed by atoms with E-state index in [4.69, 9.17) is 15.0 Å². The average molecular weight is 730 g/mol. The Bertz CT molecular complexity index is 3150. The summed E-state index contributed by atoms with van der Waals surface area (Å²) in [7, 11) is 0. The second-order valence-electron chi connectivity index (χ2n) is 14.6. The molecule has 8 aromatic carbocycles. The van der Waals surface area contributed by atoms with Crippen LogP contribution in [0, 0.1) is 0 Å². The van der Waals surface area contributed by atoms with Crippen molar-refractivity contribution in [3.8, 4) is 67.5 Å². The molecule has 0 aliphatic heterocycles. The summed E-state index contributed by atoms with van der Waals surface area (Å²) in [5.41, 5.74) is 15.0. The average Bonchev–Trinajstić information content (AvgIpc) is 3.91. The van der Waals surface area contributed by atoms with Crippen molar-refractivity contribution in [2.75, 3.05) is 0 Å². The van der Waals surface area contributed by atoms with Gasteiger partial charge in [-0.05, 0) is 73.8 Å². The predicted molar refractivity (Wildman–Crippen MR) is 231 cm³/mol. The molecule has 12 rings (SSSR count). The van der Waals surface area contributed by atoms with Gasteiger partial charge >= 0.3 is 0 Å². The number of benzene rings is 8. The molecule has 0 atom stereocenters.